The lowest BCUT2D eigenvalue weighted by Gasteiger charge is -2.14. The van der Waals surface area contributed by atoms with E-state index >= 15 is 0 Å². The number of esters is 3. The van der Waals surface area contributed by atoms with Gasteiger partial charge in [-0.05, 0) is 81.2 Å². The highest BCUT2D eigenvalue weighted by Gasteiger charge is 2.17. The number of carbonyl (C=O) groups is 3. The van der Waals surface area contributed by atoms with E-state index in [-0.39, 0.29) is 34.0 Å². The van der Waals surface area contributed by atoms with Crippen LogP contribution in [0, 0.1) is 5.82 Å². The van der Waals surface area contributed by atoms with Crippen molar-refractivity contribution in [3.8, 4) is 17.2 Å². The molecule has 2 aromatic rings. The molecule has 0 amide bonds. The zero-order valence-electron chi connectivity index (χ0n) is 20.4. The van der Waals surface area contributed by atoms with E-state index in [1.165, 1.54) is 39.0 Å². The molecule has 0 fully saturated rings. The number of allylic oxidation sites excluding steroid dienone is 2. The van der Waals surface area contributed by atoms with E-state index in [1.807, 2.05) is 6.92 Å². The van der Waals surface area contributed by atoms with Crippen LogP contribution in [0.4, 0.5) is 4.39 Å². The van der Waals surface area contributed by atoms with Gasteiger partial charge < -0.3 is 14.2 Å². The molecule has 35 heavy (non-hydrogen) atoms. The van der Waals surface area contributed by atoms with Crippen molar-refractivity contribution < 1.29 is 33.0 Å². The number of hydrogen-bond donors (Lipinski definition) is 0. The van der Waals surface area contributed by atoms with Crippen molar-refractivity contribution >= 4 is 29.1 Å². The van der Waals surface area contributed by atoms with E-state index in [4.69, 9.17) is 14.2 Å². The van der Waals surface area contributed by atoms with Gasteiger partial charge in [-0.15, -0.1) is 0 Å². The molecule has 0 N–H and O–H groups in total. The van der Waals surface area contributed by atoms with Gasteiger partial charge in [-0.1, -0.05) is 31.9 Å². The van der Waals surface area contributed by atoms with Gasteiger partial charge in [0.2, 0.25) is 0 Å². The van der Waals surface area contributed by atoms with Crippen molar-refractivity contribution in [1.29, 1.82) is 0 Å². The Morgan fingerprint density at radius 2 is 0.971 bits per heavy atom. The fraction of sp³-hybridized carbons (Fsp3) is 0.179. The molecule has 0 heterocycles. The zero-order valence-corrected chi connectivity index (χ0v) is 20.4. The Morgan fingerprint density at radius 3 is 1.40 bits per heavy atom. The lowest BCUT2D eigenvalue weighted by molar-refractivity contribution is -0.132. The van der Waals surface area contributed by atoms with E-state index in [2.05, 4.69) is 19.7 Å². The Balaban J connectivity index is 2.47. The molecule has 0 aliphatic carbocycles. The lowest BCUT2D eigenvalue weighted by Crippen LogP contribution is -2.13. The molecule has 0 radical (unpaired) electrons. The van der Waals surface area contributed by atoms with E-state index in [1.54, 1.807) is 25.1 Å². The molecule has 0 aliphatic heterocycles. The van der Waals surface area contributed by atoms with Gasteiger partial charge in [0.05, 0.1) is 0 Å². The average Bonchev–Trinajstić information content (AvgIpc) is 2.79. The van der Waals surface area contributed by atoms with Crippen LogP contribution in [0.15, 0.2) is 72.9 Å². The summed E-state index contributed by atoms with van der Waals surface area (Å²) in [7, 11) is 0. The Kier molecular flexibility index (Phi) is 8.67. The minimum atomic E-state index is -0.718. The van der Waals surface area contributed by atoms with Gasteiger partial charge in [0.15, 0.2) is 23.1 Å². The Bertz CT molecular complexity index is 1280. The molecule has 0 bridgehead atoms. The summed E-state index contributed by atoms with van der Waals surface area (Å²) in [5.41, 5.74) is 3.14. The first-order valence-electron chi connectivity index (χ1n) is 10.6. The quantitative estimate of drug-likeness (QED) is 0.194. The molecule has 6 nitrogen and oxygen atoms in total. The normalized spacial score (nSPS) is 11.1. The minimum absolute atomic E-state index is 0.0190. The van der Waals surface area contributed by atoms with Crippen LogP contribution in [0.5, 0.6) is 17.2 Å². The topological polar surface area (TPSA) is 78.9 Å². The predicted molar refractivity (Wildman–Crippen MR) is 132 cm³/mol. The number of carbonyl (C=O) groups excluding carboxylic acids is 3. The van der Waals surface area contributed by atoms with E-state index in [9.17, 15) is 18.8 Å². The van der Waals surface area contributed by atoms with Gasteiger partial charge in [0.1, 0.15) is 0 Å². The van der Waals surface area contributed by atoms with Crippen LogP contribution >= 0.6 is 0 Å². The van der Waals surface area contributed by atoms with Gasteiger partial charge in [-0.3, -0.25) is 0 Å². The first-order valence-corrected chi connectivity index (χ1v) is 10.6. The van der Waals surface area contributed by atoms with Crippen LogP contribution in [-0.2, 0) is 14.4 Å². The summed E-state index contributed by atoms with van der Waals surface area (Å²) in [6, 6.07) is 8.95. The summed E-state index contributed by atoms with van der Waals surface area (Å²) in [5.74, 6) is -2.93. The third-order valence-electron chi connectivity index (χ3n) is 4.96. The van der Waals surface area contributed by atoms with Crippen molar-refractivity contribution in [3.05, 3.63) is 89.8 Å². The van der Waals surface area contributed by atoms with Gasteiger partial charge in [0, 0.05) is 16.7 Å². The van der Waals surface area contributed by atoms with Crippen molar-refractivity contribution in [2.24, 2.45) is 0 Å². The minimum Gasteiger partial charge on any atom is -0.420 e. The molecule has 2 aromatic carbocycles. The van der Waals surface area contributed by atoms with Crippen LogP contribution in [0.25, 0.3) is 11.1 Å². The molecule has 0 aromatic heterocycles. The molecule has 0 atom stereocenters. The van der Waals surface area contributed by atoms with Crippen molar-refractivity contribution in [2.45, 2.75) is 34.6 Å². The second-order valence-corrected chi connectivity index (χ2v) is 8.07. The maximum atomic E-state index is 14.6. The van der Waals surface area contributed by atoms with Gasteiger partial charge >= 0.3 is 17.9 Å². The van der Waals surface area contributed by atoms with Gasteiger partial charge in [-0.25, -0.2) is 18.8 Å². The standard InChI is InChI=1S/C28H27FO6/c1-15(2)26(30)33-23-11-9-20(13-22(23)29)18(7)19(8)21-10-12-24(34-27(31)16(3)4)25(14-21)35-28(32)17(5)6/h9-14H,1,3,5H2,2,4,6-8H3. The molecule has 0 spiro atoms. The molecule has 2 rings (SSSR count). The Labute approximate surface area is 204 Å². The third-order valence-corrected chi connectivity index (χ3v) is 4.96. The summed E-state index contributed by atoms with van der Waals surface area (Å²) in [6.45, 7) is 18.6. The summed E-state index contributed by atoms with van der Waals surface area (Å²) in [4.78, 5) is 35.8. The second kappa shape index (κ2) is 11.2. The predicted octanol–water partition coefficient (Wildman–Crippen LogP) is 6.22. The highest BCUT2D eigenvalue weighted by atomic mass is 19.1. The van der Waals surface area contributed by atoms with Crippen LogP contribution in [0.2, 0.25) is 0 Å². The third kappa shape index (κ3) is 6.86. The lowest BCUT2D eigenvalue weighted by atomic mass is 9.96. The molecule has 0 saturated heterocycles. The van der Waals surface area contributed by atoms with E-state index in [0.29, 0.717) is 16.7 Å². The maximum absolute atomic E-state index is 14.6. The molecule has 0 aliphatic rings. The number of hydrogen-bond acceptors (Lipinski definition) is 6. The average molecular weight is 479 g/mol. The monoisotopic (exact) mass is 478 g/mol. The number of rotatable bonds is 8. The molecule has 0 unspecified atom stereocenters. The summed E-state index contributed by atoms with van der Waals surface area (Å²) in [6.07, 6.45) is 0. The van der Waals surface area contributed by atoms with Gasteiger partial charge in [-0.2, -0.15) is 0 Å². The van der Waals surface area contributed by atoms with E-state index < -0.39 is 23.7 Å². The molecule has 7 heteroatoms. The van der Waals surface area contributed by atoms with Crippen LogP contribution in [0.1, 0.15) is 45.7 Å². The van der Waals surface area contributed by atoms with Crippen LogP contribution in [0.3, 0.4) is 0 Å². The molecular formula is C28H27FO6. The van der Waals surface area contributed by atoms with Gasteiger partial charge in [0.25, 0.3) is 0 Å². The van der Waals surface area contributed by atoms with Crippen molar-refractivity contribution in [1.82, 2.24) is 0 Å². The van der Waals surface area contributed by atoms with E-state index in [0.717, 1.165) is 5.57 Å². The highest BCUT2D eigenvalue weighted by Crippen LogP contribution is 2.35. The summed E-state index contributed by atoms with van der Waals surface area (Å²) >= 11 is 0. The van der Waals surface area contributed by atoms with Crippen molar-refractivity contribution in [2.75, 3.05) is 0 Å². The molecule has 0 saturated carbocycles. The molecular weight excluding hydrogens is 451 g/mol. The van der Waals surface area contributed by atoms with Crippen LogP contribution < -0.4 is 14.2 Å². The molecule has 182 valence electrons. The Morgan fingerprint density at radius 1 is 0.600 bits per heavy atom. The first-order chi connectivity index (χ1) is 16.3. The summed E-state index contributed by atoms with van der Waals surface area (Å²) < 4.78 is 30.2. The fourth-order valence-corrected chi connectivity index (χ4v) is 2.72. The first kappa shape index (κ1) is 27.0. The maximum Gasteiger partial charge on any atom is 0.338 e. The highest BCUT2D eigenvalue weighted by molar-refractivity contribution is 5.93. The number of halogens is 1. The largest absolute Gasteiger partial charge is 0.420 e. The second-order valence-electron chi connectivity index (χ2n) is 8.07. The number of benzene rings is 2. The van der Waals surface area contributed by atoms with Crippen LogP contribution in [-0.4, -0.2) is 17.9 Å². The zero-order chi connectivity index (χ0) is 26.4. The Hall–Kier alpha value is -4.26. The number of ether oxygens (including phenoxy) is 3. The fourth-order valence-electron chi connectivity index (χ4n) is 2.72. The summed E-state index contributed by atoms with van der Waals surface area (Å²) in [5, 5.41) is 0. The smallest absolute Gasteiger partial charge is 0.338 e. The van der Waals surface area contributed by atoms with Crippen molar-refractivity contribution in [3.63, 3.8) is 0 Å². The SMILES string of the molecule is C=C(C)C(=O)Oc1ccc(C(C)=C(C)c2ccc(OC(=O)C(=C)C)c(OC(=O)C(=C)C)c2)cc1F.